The van der Waals surface area contributed by atoms with Gasteiger partial charge in [0.1, 0.15) is 5.75 Å². The first-order valence-electron chi connectivity index (χ1n) is 4.55. The summed E-state index contributed by atoms with van der Waals surface area (Å²) in [5.41, 5.74) is 6.65. The summed E-state index contributed by atoms with van der Waals surface area (Å²) in [4.78, 5) is 11.6. The van der Waals surface area contributed by atoms with E-state index in [1.165, 1.54) is 0 Å². The molecule has 0 saturated carbocycles. The van der Waals surface area contributed by atoms with E-state index in [1.807, 2.05) is 0 Å². The molecule has 0 fully saturated rings. The topological polar surface area (TPSA) is 52.3 Å². The number of hydrogen-bond donors (Lipinski definition) is 1. The summed E-state index contributed by atoms with van der Waals surface area (Å²) in [6, 6.07) is 5.00. The number of Topliss-reactive ketones (excluding diaryl/α,β-unsaturated/α-hetero) is 1. The van der Waals surface area contributed by atoms with E-state index in [-0.39, 0.29) is 12.2 Å². The molecule has 3 heteroatoms. The van der Waals surface area contributed by atoms with Crippen LogP contribution in [0.25, 0.3) is 0 Å². The molecule has 2 N–H and O–H groups in total. The number of methoxy groups -OCH3 is 1. The lowest BCUT2D eigenvalue weighted by atomic mass is 10.1. The zero-order chi connectivity index (χ0) is 11.3. The second kappa shape index (κ2) is 5.06. The lowest BCUT2D eigenvalue weighted by Gasteiger charge is -2.05. The average Bonchev–Trinajstić information content (AvgIpc) is 2.25. The maximum Gasteiger partial charge on any atom is 0.176 e. The van der Waals surface area contributed by atoms with Crippen LogP contribution in [0.1, 0.15) is 23.7 Å². The molecule has 3 nitrogen and oxygen atoms in total. The molecule has 0 atom stereocenters. The summed E-state index contributed by atoms with van der Waals surface area (Å²) in [5, 5.41) is 0. The largest absolute Gasteiger partial charge is 0.497 e. The lowest BCUT2D eigenvalue weighted by Crippen LogP contribution is -2.03. The highest BCUT2D eigenvalue weighted by atomic mass is 16.5. The van der Waals surface area contributed by atoms with E-state index in [4.69, 9.17) is 10.5 Å². The third kappa shape index (κ3) is 2.75. The fourth-order valence-electron chi connectivity index (χ4n) is 1.19. The van der Waals surface area contributed by atoms with Gasteiger partial charge in [0.2, 0.25) is 0 Å². The SMILES string of the molecule is CC#CCC(=O)c1ccc(OC)cc1N. The Hall–Kier alpha value is -1.95. The van der Waals surface area contributed by atoms with Gasteiger partial charge >= 0.3 is 0 Å². The van der Waals surface area contributed by atoms with Gasteiger partial charge in [-0.2, -0.15) is 0 Å². The molecule has 15 heavy (non-hydrogen) atoms. The van der Waals surface area contributed by atoms with Crippen LogP contribution in [0, 0.1) is 11.8 Å². The van der Waals surface area contributed by atoms with E-state index in [1.54, 1.807) is 32.2 Å². The minimum atomic E-state index is -0.0653. The van der Waals surface area contributed by atoms with Crippen molar-refractivity contribution in [3.63, 3.8) is 0 Å². The van der Waals surface area contributed by atoms with E-state index in [0.717, 1.165) is 0 Å². The highest BCUT2D eigenvalue weighted by Gasteiger charge is 2.08. The summed E-state index contributed by atoms with van der Waals surface area (Å²) < 4.78 is 4.99. The maximum absolute atomic E-state index is 11.6. The number of rotatable bonds is 3. The lowest BCUT2D eigenvalue weighted by molar-refractivity contribution is 0.0999. The number of ether oxygens (including phenoxy) is 1. The van der Waals surface area contributed by atoms with Crippen LogP contribution in [0.3, 0.4) is 0 Å². The van der Waals surface area contributed by atoms with Gasteiger partial charge in [0, 0.05) is 17.3 Å². The molecule has 0 radical (unpaired) electrons. The van der Waals surface area contributed by atoms with Crippen LogP contribution in [0.5, 0.6) is 5.75 Å². The van der Waals surface area contributed by atoms with Gasteiger partial charge in [-0.05, 0) is 19.1 Å². The smallest absolute Gasteiger partial charge is 0.176 e. The molecule has 0 aliphatic carbocycles. The molecule has 78 valence electrons. The molecule has 0 amide bonds. The molecule has 0 unspecified atom stereocenters. The van der Waals surface area contributed by atoms with Crippen LogP contribution in [0.2, 0.25) is 0 Å². The molecule has 0 saturated heterocycles. The second-order valence-corrected chi connectivity index (χ2v) is 2.98. The fourth-order valence-corrected chi connectivity index (χ4v) is 1.19. The Bertz CT molecular complexity index is 427. The van der Waals surface area contributed by atoms with Gasteiger partial charge in [-0.25, -0.2) is 0 Å². The summed E-state index contributed by atoms with van der Waals surface area (Å²) in [7, 11) is 1.55. The van der Waals surface area contributed by atoms with Gasteiger partial charge in [0.25, 0.3) is 0 Å². The maximum atomic E-state index is 11.6. The third-order valence-electron chi connectivity index (χ3n) is 1.98. The average molecular weight is 203 g/mol. The number of benzene rings is 1. The Morgan fingerprint density at radius 1 is 1.53 bits per heavy atom. The van der Waals surface area contributed by atoms with Gasteiger partial charge in [0.05, 0.1) is 13.5 Å². The fraction of sp³-hybridized carbons (Fsp3) is 0.250. The first-order chi connectivity index (χ1) is 7.19. The van der Waals surface area contributed by atoms with Crippen molar-refractivity contribution in [1.82, 2.24) is 0 Å². The van der Waals surface area contributed by atoms with Crippen LogP contribution in [0.4, 0.5) is 5.69 Å². The first kappa shape index (κ1) is 11.1. The Morgan fingerprint density at radius 3 is 2.80 bits per heavy atom. The summed E-state index contributed by atoms with van der Waals surface area (Å²) >= 11 is 0. The van der Waals surface area contributed by atoms with Gasteiger partial charge in [-0.1, -0.05) is 5.92 Å². The van der Waals surface area contributed by atoms with Crippen molar-refractivity contribution >= 4 is 11.5 Å². The molecular formula is C12H13NO2. The zero-order valence-corrected chi connectivity index (χ0v) is 8.83. The number of nitrogen functional groups attached to an aromatic ring is 1. The number of anilines is 1. The summed E-state index contributed by atoms with van der Waals surface area (Å²) in [6.07, 6.45) is 0.201. The number of carbonyl (C=O) groups excluding carboxylic acids is 1. The van der Waals surface area contributed by atoms with Gasteiger partial charge in [-0.3, -0.25) is 4.79 Å². The quantitative estimate of drug-likeness (QED) is 0.463. The summed E-state index contributed by atoms with van der Waals surface area (Å²) in [6.45, 7) is 1.70. The molecule has 1 rings (SSSR count). The Labute approximate surface area is 89.2 Å². The Balaban J connectivity index is 2.93. The molecule has 1 aromatic rings. The van der Waals surface area contributed by atoms with E-state index < -0.39 is 0 Å². The minimum absolute atomic E-state index is 0.0653. The van der Waals surface area contributed by atoms with Gasteiger partial charge in [-0.15, -0.1) is 5.92 Å². The van der Waals surface area contributed by atoms with Crippen LogP contribution in [-0.2, 0) is 0 Å². The van der Waals surface area contributed by atoms with Crippen LogP contribution >= 0.6 is 0 Å². The normalized spacial score (nSPS) is 8.93. The van der Waals surface area contributed by atoms with E-state index in [9.17, 15) is 4.79 Å². The van der Waals surface area contributed by atoms with E-state index in [0.29, 0.717) is 17.0 Å². The van der Waals surface area contributed by atoms with Crippen molar-refractivity contribution in [1.29, 1.82) is 0 Å². The van der Waals surface area contributed by atoms with Crippen molar-refractivity contribution < 1.29 is 9.53 Å². The minimum Gasteiger partial charge on any atom is -0.497 e. The molecule has 0 aliphatic heterocycles. The number of carbonyl (C=O) groups is 1. The second-order valence-electron chi connectivity index (χ2n) is 2.98. The number of hydrogen-bond acceptors (Lipinski definition) is 3. The van der Waals surface area contributed by atoms with Crippen molar-refractivity contribution in [2.24, 2.45) is 0 Å². The highest BCUT2D eigenvalue weighted by Crippen LogP contribution is 2.20. The molecule has 0 aromatic heterocycles. The third-order valence-corrected chi connectivity index (χ3v) is 1.98. The van der Waals surface area contributed by atoms with Gasteiger partial charge < -0.3 is 10.5 Å². The highest BCUT2D eigenvalue weighted by molar-refractivity contribution is 6.02. The molecule has 1 aromatic carbocycles. The number of ketones is 1. The monoisotopic (exact) mass is 203 g/mol. The van der Waals surface area contributed by atoms with Gasteiger partial charge in [0.15, 0.2) is 5.78 Å². The van der Waals surface area contributed by atoms with E-state index in [2.05, 4.69) is 11.8 Å². The molecule has 0 heterocycles. The predicted molar refractivity (Wildman–Crippen MR) is 59.8 cm³/mol. The Kier molecular flexibility index (Phi) is 3.75. The molecule has 0 bridgehead atoms. The predicted octanol–water partition coefficient (Wildman–Crippen LogP) is 1.87. The van der Waals surface area contributed by atoms with Crippen molar-refractivity contribution in [2.45, 2.75) is 13.3 Å². The van der Waals surface area contributed by atoms with Crippen LogP contribution in [0.15, 0.2) is 18.2 Å². The first-order valence-corrected chi connectivity index (χ1v) is 4.55. The van der Waals surface area contributed by atoms with Crippen molar-refractivity contribution in [3.05, 3.63) is 23.8 Å². The van der Waals surface area contributed by atoms with Crippen LogP contribution < -0.4 is 10.5 Å². The zero-order valence-electron chi connectivity index (χ0n) is 8.83. The molecule has 0 aliphatic rings. The van der Waals surface area contributed by atoms with Crippen molar-refractivity contribution in [2.75, 3.05) is 12.8 Å². The van der Waals surface area contributed by atoms with Crippen LogP contribution in [-0.4, -0.2) is 12.9 Å². The number of nitrogens with two attached hydrogens (primary N) is 1. The van der Waals surface area contributed by atoms with E-state index >= 15 is 0 Å². The van der Waals surface area contributed by atoms with Crippen molar-refractivity contribution in [3.8, 4) is 17.6 Å². The molecule has 0 spiro atoms. The molecular weight excluding hydrogens is 190 g/mol. The summed E-state index contributed by atoms with van der Waals surface area (Å²) in [5.74, 6) is 5.97. The standard InChI is InChI=1S/C12H13NO2/c1-3-4-5-12(14)10-7-6-9(15-2)8-11(10)13/h6-8H,5,13H2,1-2H3. The Morgan fingerprint density at radius 2 is 2.27 bits per heavy atom.